The SMILES string of the molecule is [B]N1CC2C(C1C(=O)O)C2(C)C. The molecule has 1 heterocycles. The minimum absolute atomic E-state index is 0.193. The second-order valence-electron chi connectivity index (χ2n) is 4.43. The predicted octanol–water partition coefficient (Wildman–Crippen LogP) is 0.111. The molecule has 12 heavy (non-hydrogen) atoms. The van der Waals surface area contributed by atoms with Crippen LogP contribution < -0.4 is 0 Å². The zero-order valence-electron chi connectivity index (χ0n) is 7.32. The number of carboxylic acid groups (broad SMARTS) is 1. The summed E-state index contributed by atoms with van der Waals surface area (Å²) in [6.45, 7) is 4.96. The number of carboxylic acids is 1. The normalized spacial score (nSPS) is 44.0. The third kappa shape index (κ3) is 0.788. The van der Waals surface area contributed by atoms with Gasteiger partial charge >= 0.3 is 5.97 Å². The van der Waals surface area contributed by atoms with Crippen molar-refractivity contribution in [3.05, 3.63) is 0 Å². The first-order valence-corrected chi connectivity index (χ1v) is 4.20. The number of fused-ring (bicyclic) bond motifs is 1. The van der Waals surface area contributed by atoms with Crippen molar-refractivity contribution in [1.29, 1.82) is 0 Å². The molecule has 0 aromatic carbocycles. The first-order chi connectivity index (χ1) is 5.46. The quantitative estimate of drug-likeness (QED) is 0.560. The Labute approximate surface area is 73.2 Å². The molecule has 1 aliphatic carbocycles. The third-order valence-corrected chi connectivity index (χ3v) is 3.50. The van der Waals surface area contributed by atoms with Crippen LogP contribution in [0.4, 0.5) is 0 Å². The van der Waals surface area contributed by atoms with Gasteiger partial charge in [0, 0.05) is 0 Å². The van der Waals surface area contributed by atoms with Gasteiger partial charge in [0.05, 0.1) is 0 Å². The van der Waals surface area contributed by atoms with Crippen LogP contribution in [0.3, 0.4) is 0 Å². The molecule has 1 saturated heterocycles. The summed E-state index contributed by atoms with van der Waals surface area (Å²) in [5.41, 5.74) is 0.193. The molecule has 1 saturated carbocycles. The first-order valence-electron chi connectivity index (χ1n) is 4.20. The van der Waals surface area contributed by atoms with E-state index in [4.69, 9.17) is 13.1 Å². The lowest BCUT2D eigenvalue weighted by Gasteiger charge is -2.23. The third-order valence-electron chi connectivity index (χ3n) is 3.50. The molecule has 0 spiro atoms. The van der Waals surface area contributed by atoms with Crippen molar-refractivity contribution in [3.8, 4) is 0 Å². The van der Waals surface area contributed by atoms with E-state index in [1.54, 1.807) is 0 Å². The molecule has 64 valence electrons. The van der Waals surface area contributed by atoms with Crippen molar-refractivity contribution in [2.24, 2.45) is 17.3 Å². The summed E-state index contributed by atoms with van der Waals surface area (Å²) in [4.78, 5) is 12.3. The Hall–Kier alpha value is -0.505. The Kier molecular flexibility index (Phi) is 1.38. The maximum atomic E-state index is 10.8. The molecule has 2 radical (unpaired) electrons. The van der Waals surface area contributed by atoms with Gasteiger partial charge in [0.2, 0.25) is 0 Å². The molecule has 1 aliphatic heterocycles. The number of aliphatic carboxylic acids is 1. The highest BCUT2D eigenvalue weighted by Crippen LogP contribution is 2.64. The fourth-order valence-corrected chi connectivity index (χ4v) is 2.60. The van der Waals surface area contributed by atoms with E-state index in [-0.39, 0.29) is 11.3 Å². The number of hydrogen-bond acceptors (Lipinski definition) is 2. The molecular weight excluding hydrogens is 153 g/mol. The lowest BCUT2D eigenvalue weighted by Crippen LogP contribution is -2.40. The monoisotopic (exact) mass is 165 g/mol. The van der Waals surface area contributed by atoms with E-state index < -0.39 is 12.0 Å². The molecule has 3 unspecified atom stereocenters. The van der Waals surface area contributed by atoms with Crippen molar-refractivity contribution in [2.75, 3.05) is 6.54 Å². The van der Waals surface area contributed by atoms with Crippen LogP contribution in [0.5, 0.6) is 0 Å². The van der Waals surface area contributed by atoms with Gasteiger partial charge in [-0.25, -0.2) is 0 Å². The van der Waals surface area contributed by atoms with E-state index >= 15 is 0 Å². The van der Waals surface area contributed by atoms with Gasteiger partial charge in [-0.2, -0.15) is 0 Å². The van der Waals surface area contributed by atoms with Crippen LogP contribution in [-0.4, -0.2) is 36.5 Å². The van der Waals surface area contributed by atoms with Gasteiger partial charge in [-0.05, 0) is 23.8 Å². The Bertz CT molecular complexity index is 241. The van der Waals surface area contributed by atoms with E-state index in [9.17, 15) is 4.79 Å². The van der Waals surface area contributed by atoms with Crippen molar-refractivity contribution in [1.82, 2.24) is 4.81 Å². The number of hydrogen-bond donors (Lipinski definition) is 1. The standard InChI is InChI=1S/C8H12BNO2/c1-8(2)4-3-10(9)6(5(4)8)7(11)12/h4-6H,3H2,1-2H3,(H,11,12). The highest BCUT2D eigenvalue weighted by atomic mass is 16.4. The molecule has 2 fully saturated rings. The Morgan fingerprint density at radius 1 is 1.67 bits per heavy atom. The predicted molar refractivity (Wildman–Crippen MR) is 44.6 cm³/mol. The summed E-state index contributed by atoms with van der Waals surface area (Å²) in [5, 5.41) is 8.89. The number of nitrogens with zero attached hydrogens (tertiary/aromatic N) is 1. The molecule has 3 atom stereocenters. The minimum atomic E-state index is -0.782. The van der Waals surface area contributed by atoms with Gasteiger partial charge in [0.15, 0.2) is 7.98 Å². The molecule has 0 aromatic heterocycles. The zero-order chi connectivity index (χ0) is 9.09. The Morgan fingerprint density at radius 2 is 2.25 bits per heavy atom. The first kappa shape index (κ1) is 8.11. The topological polar surface area (TPSA) is 40.5 Å². The van der Waals surface area contributed by atoms with Crippen LogP contribution in [-0.2, 0) is 4.79 Å². The van der Waals surface area contributed by atoms with Gasteiger partial charge < -0.3 is 9.92 Å². The summed E-state index contributed by atoms with van der Waals surface area (Å²) < 4.78 is 0. The molecule has 2 aliphatic rings. The van der Waals surface area contributed by atoms with Crippen molar-refractivity contribution < 1.29 is 9.90 Å². The Balaban J connectivity index is 2.19. The molecule has 0 aromatic rings. The molecule has 1 N–H and O–H groups in total. The lowest BCUT2D eigenvalue weighted by molar-refractivity contribution is -0.141. The molecule has 0 bridgehead atoms. The lowest BCUT2D eigenvalue weighted by atomic mass is 9.99. The molecule has 3 nitrogen and oxygen atoms in total. The number of carbonyl (C=O) groups is 1. The Morgan fingerprint density at radius 3 is 2.58 bits per heavy atom. The van der Waals surface area contributed by atoms with E-state index in [1.807, 2.05) is 0 Å². The van der Waals surface area contributed by atoms with Crippen LogP contribution in [0.25, 0.3) is 0 Å². The molecular formula is C8H12BNO2. The average molecular weight is 165 g/mol. The molecule has 4 heteroatoms. The molecule has 2 rings (SSSR count). The zero-order valence-corrected chi connectivity index (χ0v) is 7.32. The van der Waals surface area contributed by atoms with E-state index in [2.05, 4.69) is 13.8 Å². The van der Waals surface area contributed by atoms with Crippen molar-refractivity contribution >= 4 is 14.0 Å². The van der Waals surface area contributed by atoms with Crippen LogP contribution in [0.1, 0.15) is 13.8 Å². The highest BCUT2D eigenvalue weighted by molar-refractivity contribution is 6.07. The van der Waals surface area contributed by atoms with Crippen molar-refractivity contribution in [2.45, 2.75) is 19.9 Å². The van der Waals surface area contributed by atoms with Gasteiger partial charge in [-0.3, -0.25) is 4.79 Å². The summed E-state index contributed by atoms with van der Waals surface area (Å²) >= 11 is 0. The number of piperidine rings is 1. The van der Waals surface area contributed by atoms with E-state index in [0.717, 1.165) is 6.54 Å². The highest BCUT2D eigenvalue weighted by Gasteiger charge is 2.67. The second-order valence-corrected chi connectivity index (χ2v) is 4.43. The summed E-state index contributed by atoms with van der Waals surface area (Å²) in [6.07, 6.45) is 0. The van der Waals surface area contributed by atoms with Crippen molar-refractivity contribution in [3.63, 3.8) is 0 Å². The second kappa shape index (κ2) is 2.05. The van der Waals surface area contributed by atoms with Crippen LogP contribution >= 0.6 is 0 Å². The maximum absolute atomic E-state index is 10.8. The van der Waals surface area contributed by atoms with Gasteiger partial charge in [0.25, 0.3) is 0 Å². The smallest absolute Gasteiger partial charge is 0.320 e. The van der Waals surface area contributed by atoms with Crippen LogP contribution in [0.15, 0.2) is 0 Å². The summed E-state index contributed by atoms with van der Waals surface area (Å²) in [7, 11) is 5.57. The maximum Gasteiger partial charge on any atom is 0.320 e. The fraction of sp³-hybridized carbons (Fsp3) is 0.875. The van der Waals surface area contributed by atoms with E-state index in [1.165, 1.54) is 4.81 Å². The summed E-state index contributed by atoms with van der Waals surface area (Å²) in [6, 6.07) is -0.454. The minimum Gasteiger partial charge on any atom is -0.480 e. The molecule has 0 amide bonds. The summed E-state index contributed by atoms with van der Waals surface area (Å²) in [5.74, 6) is -0.0285. The van der Waals surface area contributed by atoms with E-state index in [0.29, 0.717) is 5.92 Å². The average Bonchev–Trinajstić information content (AvgIpc) is 2.40. The van der Waals surface area contributed by atoms with Crippen LogP contribution in [0, 0.1) is 17.3 Å². The number of rotatable bonds is 1. The van der Waals surface area contributed by atoms with Crippen LogP contribution in [0.2, 0.25) is 0 Å². The van der Waals surface area contributed by atoms with Gasteiger partial charge in [0.1, 0.15) is 6.04 Å². The fourth-order valence-electron chi connectivity index (χ4n) is 2.60. The van der Waals surface area contributed by atoms with Gasteiger partial charge in [-0.15, -0.1) is 0 Å². The van der Waals surface area contributed by atoms with Gasteiger partial charge in [-0.1, -0.05) is 13.8 Å². The largest absolute Gasteiger partial charge is 0.480 e.